The van der Waals surface area contributed by atoms with Crippen molar-refractivity contribution in [1.29, 1.82) is 0 Å². The molecule has 3 heteroatoms. The van der Waals surface area contributed by atoms with Crippen LogP contribution in [0.25, 0.3) is 0 Å². The zero-order chi connectivity index (χ0) is 12.7. The van der Waals surface area contributed by atoms with E-state index in [-0.39, 0.29) is 0 Å². The molecule has 0 aliphatic rings. The Morgan fingerprint density at radius 2 is 1.94 bits per heavy atom. The highest BCUT2D eigenvalue weighted by Crippen LogP contribution is 2.04. The van der Waals surface area contributed by atoms with Crippen molar-refractivity contribution < 1.29 is 0 Å². The molecule has 0 fully saturated rings. The van der Waals surface area contributed by atoms with Crippen LogP contribution in [0.15, 0.2) is 24.5 Å². The van der Waals surface area contributed by atoms with Gasteiger partial charge in [0, 0.05) is 31.5 Å². The second-order valence-corrected chi connectivity index (χ2v) is 5.01. The van der Waals surface area contributed by atoms with Gasteiger partial charge < -0.3 is 10.2 Å². The van der Waals surface area contributed by atoms with Gasteiger partial charge in [-0.15, -0.1) is 0 Å². The van der Waals surface area contributed by atoms with E-state index in [4.69, 9.17) is 0 Å². The van der Waals surface area contributed by atoms with E-state index in [2.05, 4.69) is 48.2 Å². The zero-order valence-corrected chi connectivity index (χ0v) is 11.5. The fraction of sp³-hybridized carbons (Fsp3) is 0.643. The van der Waals surface area contributed by atoms with Crippen molar-refractivity contribution in [2.24, 2.45) is 5.92 Å². The minimum Gasteiger partial charge on any atom is -0.315 e. The van der Waals surface area contributed by atoms with Crippen LogP contribution in [0.4, 0.5) is 0 Å². The Labute approximate surface area is 105 Å². The molecule has 0 spiro atoms. The Hall–Kier alpha value is -0.930. The number of rotatable bonds is 7. The number of nitrogens with one attached hydrogen (secondary N) is 1. The lowest BCUT2D eigenvalue weighted by molar-refractivity contribution is 0.264. The third kappa shape index (κ3) is 5.29. The third-order valence-corrected chi connectivity index (χ3v) is 3.22. The predicted octanol–water partition coefficient (Wildman–Crippen LogP) is 1.80. The van der Waals surface area contributed by atoms with Crippen molar-refractivity contribution >= 4 is 0 Å². The van der Waals surface area contributed by atoms with E-state index >= 15 is 0 Å². The number of likely N-dealkylation sites (N-methyl/N-ethyl adjacent to an activating group) is 2. The Bertz CT molecular complexity index is 298. The van der Waals surface area contributed by atoms with E-state index in [0.717, 1.165) is 19.5 Å². The number of hydrogen-bond donors (Lipinski definition) is 1. The number of pyridine rings is 1. The maximum atomic E-state index is 4.03. The van der Waals surface area contributed by atoms with E-state index in [1.54, 1.807) is 0 Å². The molecule has 0 bridgehead atoms. The average Bonchev–Trinajstić information content (AvgIpc) is 2.34. The van der Waals surface area contributed by atoms with Gasteiger partial charge in [-0.05, 0) is 44.1 Å². The molecule has 1 aromatic heterocycles. The summed E-state index contributed by atoms with van der Waals surface area (Å²) < 4.78 is 0. The fourth-order valence-electron chi connectivity index (χ4n) is 1.93. The van der Waals surface area contributed by atoms with Gasteiger partial charge in [-0.3, -0.25) is 4.98 Å². The first-order chi connectivity index (χ1) is 8.13. The highest BCUT2D eigenvalue weighted by atomic mass is 15.1. The summed E-state index contributed by atoms with van der Waals surface area (Å²) in [7, 11) is 4.23. The summed E-state index contributed by atoms with van der Waals surface area (Å²) in [5.74, 6) is 0.670. The van der Waals surface area contributed by atoms with Crippen LogP contribution in [0, 0.1) is 5.92 Å². The summed E-state index contributed by atoms with van der Waals surface area (Å²) >= 11 is 0. The lowest BCUT2D eigenvalue weighted by Gasteiger charge is -2.26. The van der Waals surface area contributed by atoms with Crippen LogP contribution < -0.4 is 5.32 Å². The molecule has 1 unspecified atom stereocenters. The highest BCUT2D eigenvalue weighted by molar-refractivity contribution is 5.09. The molecule has 3 nitrogen and oxygen atoms in total. The number of hydrogen-bond acceptors (Lipinski definition) is 3. The largest absolute Gasteiger partial charge is 0.315 e. The Kier molecular flexibility index (Phi) is 6.16. The van der Waals surface area contributed by atoms with Crippen LogP contribution in [0.1, 0.15) is 19.4 Å². The summed E-state index contributed by atoms with van der Waals surface area (Å²) in [6.45, 7) is 6.71. The maximum Gasteiger partial charge on any atom is 0.0270 e. The zero-order valence-electron chi connectivity index (χ0n) is 11.5. The quantitative estimate of drug-likeness (QED) is 0.781. The first-order valence-electron chi connectivity index (χ1n) is 6.38. The van der Waals surface area contributed by atoms with Crippen molar-refractivity contribution in [1.82, 2.24) is 15.2 Å². The second-order valence-electron chi connectivity index (χ2n) is 5.01. The van der Waals surface area contributed by atoms with Crippen LogP contribution in [0.5, 0.6) is 0 Å². The van der Waals surface area contributed by atoms with Crippen molar-refractivity contribution in [2.45, 2.75) is 26.3 Å². The van der Waals surface area contributed by atoms with Crippen LogP contribution >= 0.6 is 0 Å². The Morgan fingerprint density at radius 3 is 2.47 bits per heavy atom. The monoisotopic (exact) mass is 235 g/mol. The number of aromatic nitrogens is 1. The van der Waals surface area contributed by atoms with Crippen molar-refractivity contribution in [3.8, 4) is 0 Å². The molecular formula is C14H25N3. The lowest BCUT2D eigenvalue weighted by atomic mass is 10.0. The molecule has 0 aliphatic heterocycles. The van der Waals surface area contributed by atoms with E-state index < -0.39 is 0 Å². The van der Waals surface area contributed by atoms with Crippen molar-refractivity contribution in [2.75, 3.05) is 27.2 Å². The highest BCUT2D eigenvalue weighted by Gasteiger charge is 2.12. The average molecular weight is 235 g/mol. The second kappa shape index (κ2) is 7.41. The summed E-state index contributed by atoms with van der Waals surface area (Å²) in [5.41, 5.74) is 1.36. The smallest absolute Gasteiger partial charge is 0.0270 e. The van der Waals surface area contributed by atoms with E-state index in [1.807, 2.05) is 19.4 Å². The van der Waals surface area contributed by atoms with Gasteiger partial charge in [0.05, 0.1) is 0 Å². The van der Waals surface area contributed by atoms with Gasteiger partial charge in [-0.2, -0.15) is 0 Å². The summed E-state index contributed by atoms with van der Waals surface area (Å²) in [6, 6.07) is 4.75. The molecule has 1 rings (SSSR count). The van der Waals surface area contributed by atoms with Crippen molar-refractivity contribution in [3.05, 3.63) is 30.1 Å². The van der Waals surface area contributed by atoms with Gasteiger partial charge in [0.2, 0.25) is 0 Å². The number of nitrogens with zero attached hydrogens (tertiary/aromatic N) is 2. The van der Waals surface area contributed by atoms with E-state index in [1.165, 1.54) is 5.56 Å². The molecule has 1 atom stereocenters. The van der Waals surface area contributed by atoms with Crippen LogP contribution in [-0.4, -0.2) is 43.1 Å². The molecule has 1 heterocycles. The standard InChI is InChI=1S/C14H25N3/c1-12(2)14(15-3)11-17(4)10-7-13-5-8-16-9-6-13/h5-6,8-9,12,14-15H,7,10-11H2,1-4H3. The molecule has 17 heavy (non-hydrogen) atoms. The van der Waals surface area contributed by atoms with E-state index in [9.17, 15) is 0 Å². The molecular weight excluding hydrogens is 210 g/mol. The summed E-state index contributed by atoms with van der Waals surface area (Å²) in [4.78, 5) is 6.42. The molecule has 0 amide bonds. The van der Waals surface area contributed by atoms with E-state index in [0.29, 0.717) is 12.0 Å². The molecule has 1 N–H and O–H groups in total. The molecule has 0 saturated carbocycles. The van der Waals surface area contributed by atoms with Gasteiger partial charge >= 0.3 is 0 Å². The first-order valence-corrected chi connectivity index (χ1v) is 6.38. The fourth-order valence-corrected chi connectivity index (χ4v) is 1.93. The van der Waals surface area contributed by atoms with Gasteiger partial charge in [0.15, 0.2) is 0 Å². The lowest BCUT2D eigenvalue weighted by Crippen LogP contribution is -2.41. The van der Waals surface area contributed by atoms with Gasteiger partial charge in [0.25, 0.3) is 0 Å². The molecule has 0 aliphatic carbocycles. The molecule has 0 radical (unpaired) electrons. The predicted molar refractivity (Wildman–Crippen MR) is 73.1 cm³/mol. The topological polar surface area (TPSA) is 28.2 Å². The minimum absolute atomic E-state index is 0.567. The Morgan fingerprint density at radius 1 is 1.29 bits per heavy atom. The molecule has 1 aromatic rings. The van der Waals surface area contributed by atoms with Gasteiger partial charge in [-0.1, -0.05) is 13.8 Å². The summed E-state index contributed by atoms with van der Waals surface area (Å²) in [5, 5.41) is 3.38. The molecule has 0 saturated heterocycles. The first kappa shape index (κ1) is 14.1. The van der Waals surface area contributed by atoms with Gasteiger partial charge in [0.1, 0.15) is 0 Å². The van der Waals surface area contributed by atoms with Crippen LogP contribution in [0.3, 0.4) is 0 Å². The summed E-state index contributed by atoms with van der Waals surface area (Å²) in [6.07, 6.45) is 4.81. The molecule has 0 aromatic carbocycles. The minimum atomic E-state index is 0.567. The normalized spacial score (nSPS) is 13.3. The Balaban J connectivity index is 2.32. The maximum absolute atomic E-state index is 4.03. The van der Waals surface area contributed by atoms with Crippen LogP contribution in [-0.2, 0) is 6.42 Å². The van der Waals surface area contributed by atoms with Crippen LogP contribution in [0.2, 0.25) is 0 Å². The van der Waals surface area contributed by atoms with Gasteiger partial charge in [-0.25, -0.2) is 0 Å². The van der Waals surface area contributed by atoms with Crippen molar-refractivity contribution in [3.63, 3.8) is 0 Å². The molecule has 96 valence electrons. The third-order valence-electron chi connectivity index (χ3n) is 3.22. The SMILES string of the molecule is CNC(CN(C)CCc1ccncc1)C(C)C.